The standard InChI is InChI=1S/C11H16BrN3O3S/c1-11(2,19(3,17)18)6-15-10(16)8-4-7(12)5-14-9(8)13/h4-5H,6H2,1-3H3,(H2,13,14)(H,15,16). The molecule has 1 aromatic heterocycles. The van der Waals surface area contributed by atoms with Gasteiger partial charge in [-0.25, -0.2) is 13.4 Å². The molecule has 0 unspecified atom stereocenters. The molecule has 0 saturated carbocycles. The summed E-state index contributed by atoms with van der Waals surface area (Å²) in [5.41, 5.74) is 5.81. The van der Waals surface area contributed by atoms with Crippen molar-refractivity contribution in [3.05, 3.63) is 22.3 Å². The predicted molar refractivity (Wildman–Crippen MR) is 77.6 cm³/mol. The van der Waals surface area contributed by atoms with Gasteiger partial charge in [0.05, 0.1) is 10.3 Å². The molecule has 1 rings (SSSR count). The van der Waals surface area contributed by atoms with Crippen LogP contribution in [0.4, 0.5) is 5.82 Å². The highest BCUT2D eigenvalue weighted by Crippen LogP contribution is 2.17. The number of amides is 1. The van der Waals surface area contributed by atoms with E-state index in [0.717, 1.165) is 6.26 Å². The second kappa shape index (κ2) is 5.46. The number of carbonyl (C=O) groups excluding carboxylic acids is 1. The zero-order valence-corrected chi connectivity index (χ0v) is 13.3. The van der Waals surface area contributed by atoms with E-state index in [2.05, 4.69) is 26.2 Å². The number of pyridine rings is 1. The third-order valence-electron chi connectivity index (χ3n) is 2.81. The fourth-order valence-corrected chi connectivity index (χ4v) is 1.82. The predicted octanol–water partition coefficient (Wildman–Crippen LogP) is 0.979. The van der Waals surface area contributed by atoms with Crippen molar-refractivity contribution in [3.8, 4) is 0 Å². The van der Waals surface area contributed by atoms with Gasteiger partial charge >= 0.3 is 0 Å². The second-order valence-electron chi connectivity index (χ2n) is 4.80. The van der Waals surface area contributed by atoms with E-state index in [9.17, 15) is 13.2 Å². The third-order valence-corrected chi connectivity index (χ3v) is 5.39. The number of halogens is 1. The minimum atomic E-state index is -3.27. The summed E-state index contributed by atoms with van der Waals surface area (Å²) in [5.74, 6) is -0.360. The Morgan fingerprint density at radius 1 is 1.53 bits per heavy atom. The van der Waals surface area contributed by atoms with Crippen LogP contribution in [-0.4, -0.2) is 36.9 Å². The first-order valence-corrected chi connectivity index (χ1v) is 8.12. The Balaban J connectivity index is 2.85. The fraction of sp³-hybridized carbons (Fsp3) is 0.455. The lowest BCUT2D eigenvalue weighted by Crippen LogP contribution is -2.43. The summed E-state index contributed by atoms with van der Waals surface area (Å²) >= 11 is 3.19. The molecule has 0 radical (unpaired) electrons. The summed E-state index contributed by atoms with van der Waals surface area (Å²) in [4.78, 5) is 15.8. The Morgan fingerprint density at radius 2 is 2.11 bits per heavy atom. The van der Waals surface area contributed by atoms with Gasteiger partial charge in [0.25, 0.3) is 5.91 Å². The summed E-state index contributed by atoms with van der Waals surface area (Å²) in [7, 11) is -3.27. The Morgan fingerprint density at radius 3 is 2.63 bits per heavy atom. The maximum atomic E-state index is 11.9. The average Bonchev–Trinajstić information content (AvgIpc) is 2.28. The number of carbonyl (C=O) groups is 1. The number of aromatic nitrogens is 1. The van der Waals surface area contributed by atoms with Crippen LogP contribution in [0.1, 0.15) is 24.2 Å². The SMILES string of the molecule is CC(C)(CNC(=O)c1cc(Br)cnc1N)S(C)(=O)=O. The highest BCUT2D eigenvalue weighted by molar-refractivity contribution is 9.10. The molecule has 8 heteroatoms. The van der Waals surface area contributed by atoms with E-state index in [1.165, 1.54) is 12.3 Å². The summed E-state index contributed by atoms with van der Waals surface area (Å²) in [5, 5.41) is 2.55. The summed E-state index contributed by atoms with van der Waals surface area (Å²) < 4.78 is 22.6. The van der Waals surface area contributed by atoms with Gasteiger partial charge in [-0.2, -0.15) is 0 Å². The van der Waals surface area contributed by atoms with Gasteiger partial charge in [-0.15, -0.1) is 0 Å². The van der Waals surface area contributed by atoms with Crippen LogP contribution in [0.25, 0.3) is 0 Å². The fourth-order valence-electron chi connectivity index (χ4n) is 1.15. The van der Waals surface area contributed by atoms with Crippen molar-refractivity contribution < 1.29 is 13.2 Å². The number of nitrogens with zero attached hydrogens (tertiary/aromatic N) is 1. The lowest BCUT2D eigenvalue weighted by Gasteiger charge is -2.22. The molecule has 106 valence electrons. The molecule has 0 saturated heterocycles. The number of nitrogen functional groups attached to an aromatic ring is 1. The van der Waals surface area contributed by atoms with Crippen molar-refractivity contribution in [2.24, 2.45) is 0 Å². The summed E-state index contributed by atoms with van der Waals surface area (Å²) in [6.45, 7) is 3.09. The number of hydrogen-bond acceptors (Lipinski definition) is 5. The molecule has 6 nitrogen and oxygen atoms in total. The van der Waals surface area contributed by atoms with E-state index in [0.29, 0.717) is 4.47 Å². The van der Waals surface area contributed by atoms with Crippen molar-refractivity contribution in [2.45, 2.75) is 18.6 Å². The van der Waals surface area contributed by atoms with Crippen LogP contribution in [0, 0.1) is 0 Å². The van der Waals surface area contributed by atoms with Crippen LogP contribution in [0.5, 0.6) is 0 Å². The first-order chi connectivity index (χ1) is 8.54. The highest BCUT2D eigenvalue weighted by atomic mass is 79.9. The molecule has 1 heterocycles. The molecule has 0 bridgehead atoms. The van der Waals surface area contributed by atoms with Gasteiger partial charge in [0.2, 0.25) is 0 Å². The minimum absolute atomic E-state index is 0.00335. The number of sulfone groups is 1. The Labute approximate surface area is 120 Å². The van der Waals surface area contributed by atoms with Gasteiger partial charge in [-0.3, -0.25) is 4.79 Å². The highest BCUT2D eigenvalue weighted by Gasteiger charge is 2.30. The number of hydrogen-bond donors (Lipinski definition) is 2. The lowest BCUT2D eigenvalue weighted by molar-refractivity contribution is 0.0951. The van der Waals surface area contributed by atoms with Crippen LogP contribution in [0.2, 0.25) is 0 Å². The average molecular weight is 350 g/mol. The molecule has 1 amide bonds. The van der Waals surface area contributed by atoms with E-state index in [-0.39, 0.29) is 17.9 Å². The number of anilines is 1. The molecule has 0 fully saturated rings. The molecule has 0 aliphatic rings. The molecular weight excluding hydrogens is 334 g/mol. The van der Waals surface area contributed by atoms with Crippen molar-refractivity contribution in [2.75, 3.05) is 18.5 Å². The van der Waals surface area contributed by atoms with E-state index < -0.39 is 20.5 Å². The van der Waals surface area contributed by atoms with Crippen molar-refractivity contribution in [3.63, 3.8) is 0 Å². The van der Waals surface area contributed by atoms with Gasteiger partial charge in [-0.1, -0.05) is 0 Å². The molecule has 3 N–H and O–H groups in total. The van der Waals surface area contributed by atoms with Crippen LogP contribution < -0.4 is 11.1 Å². The largest absolute Gasteiger partial charge is 0.383 e. The topological polar surface area (TPSA) is 102 Å². The molecule has 0 aliphatic heterocycles. The normalized spacial score (nSPS) is 12.2. The van der Waals surface area contributed by atoms with Crippen molar-refractivity contribution in [1.29, 1.82) is 0 Å². The zero-order valence-electron chi connectivity index (χ0n) is 10.9. The number of nitrogens with two attached hydrogens (primary N) is 1. The van der Waals surface area contributed by atoms with Gasteiger partial charge in [0.15, 0.2) is 9.84 Å². The van der Waals surface area contributed by atoms with E-state index in [1.807, 2.05) is 0 Å². The van der Waals surface area contributed by atoms with Crippen LogP contribution in [0.15, 0.2) is 16.7 Å². The maximum Gasteiger partial charge on any atom is 0.255 e. The van der Waals surface area contributed by atoms with Crippen molar-refractivity contribution in [1.82, 2.24) is 10.3 Å². The number of nitrogens with one attached hydrogen (secondary N) is 1. The molecule has 0 atom stereocenters. The minimum Gasteiger partial charge on any atom is -0.383 e. The molecule has 0 aromatic carbocycles. The molecular formula is C11H16BrN3O3S. The van der Waals surface area contributed by atoms with Crippen LogP contribution in [0.3, 0.4) is 0 Å². The Bertz CT molecular complexity index is 599. The van der Waals surface area contributed by atoms with Gasteiger partial charge in [-0.05, 0) is 35.8 Å². The third kappa shape index (κ3) is 3.90. The zero-order chi connectivity index (χ0) is 14.8. The molecule has 1 aromatic rings. The Kier molecular flexibility index (Phi) is 4.57. The smallest absolute Gasteiger partial charge is 0.255 e. The van der Waals surface area contributed by atoms with Gasteiger partial charge in [0, 0.05) is 23.5 Å². The van der Waals surface area contributed by atoms with Crippen molar-refractivity contribution >= 4 is 37.5 Å². The van der Waals surface area contributed by atoms with E-state index in [4.69, 9.17) is 5.73 Å². The van der Waals surface area contributed by atoms with Gasteiger partial charge in [0.1, 0.15) is 5.82 Å². The first-order valence-electron chi connectivity index (χ1n) is 5.43. The molecule has 19 heavy (non-hydrogen) atoms. The van der Waals surface area contributed by atoms with Crippen LogP contribution in [-0.2, 0) is 9.84 Å². The van der Waals surface area contributed by atoms with E-state index >= 15 is 0 Å². The van der Waals surface area contributed by atoms with Crippen LogP contribution >= 0.6 is 15.9 Å². The molecule has 0 spiro atoms. The summed E-state index contributed by atoms with van der Waals surface area (Å²) in [6, 6.07) is 1.53. The van der Waals surface area contributed by atoms with Gasteiger partial charge < -0.3 is 11.1 Å². The quantitative estimate of drug-likeness (QED) is 0.843. The van der Waals surface area contributed by atoms with E-state index in [1.54, 1.807) is 13.8 Å². The number of rotatable bonds is 4. The first kappa shape index (κ1) is 15.9. The monoisotopic (exact) mass is 349 g/mol. The maximum absolute atomic E-state index is 11.9. The molecule has 0 aliphatic carbocycles. The summed E-state index contributed by atoms with van der Waals surface area (Å²) in [6.07, 6.45) is 2.61. The lowest BCUT2D eigenvalue weighted by atomic mass is 10.2. The second-order valence-corrected chi connectivity index (χ2v) is 8.37. The Hall–Kier alpha value is -1.15.